The minimum Gasteiger partial charge on any atom is -0.446 e. The average Bonchev–Trinajstić information content (AvgIpc) is 2.85. The number of hydrogen-bond donors (Lipinski definition) is 2. The van der Waals surface area contributed by atoms with Crippen molar-refractivity contribution in [1.29, 1.82) is 0 Å². The quantitative estimate of drug-likeness (QED) is 0.814. The first-order valence-electron chi connectivity index (χ1n) is 4.54. The maximum atomic E-state index is 10.9. The highest BCUT2D eigenvalue weighted by molar-refractivity contribution is 7.89. The summed E-state index contributed by atoms with van der Waals surface area (Å²) in [6.07, 6.45) is 3.65. The van der Waals surface area contributed by atoms with Gasteiger partial charge in [-0.1, -0.05) is 0 Å². The average molecular weight is 241 g/mol. The molecule has 0 aliphatic heterocycles. The molecule has 2 aromatic rings. The highest BCUT2D eigenvalue weighted by Gasteiger charge is 2.12. The lowest BCUT2D eigenvalue weighted by molar-refractivity contribution is 0.416. The van der Waals surface area contributed by atoms with Crippen LogP contribution in [0.15, 0.2) is 46.2 Å². The fraction of sp³-hybridized carbons (Fsp3) is 0.111. The van der Waals surface area contributed by atoms with Gasteiger partial charge in [0, 0.05) is 12.4 Å². The number of nitrogens with zero attached hydrogens (tertiary/aromatic N) is 1. The van der Waals surface area contributed by atoms with Crippen LogP contribution in [0.3, 0.4) is 0 Å². The van der Waals surface area contributed by atoms with Gasteiger partial charge < -0.3 is 9.84 Å². The van der Waals surface area contributed by atoms with Crippen molar-refractivity contribution in [3.05, 3.63) is 42.4 Å². The molecule has 3 N–H and O–H groups in total. The maximum Gasteiger partial charge on any atom is 0.271 e. The first kappa shape index (κ1) is 10.8. The van der Waals surface area contributed by atoms with Crippen LogP contribution in [0.5, 0.6) is 0 Å². The molecule has 0 fully saturated rings. The van der Waals surface area contributed by atoms with Gasteiger partial charge in [-0.25, -0.2) is 13.6 Å². The van der Waals surface area contributed by atoms with E-state index in [4.69, 9.17) is 9.56 Å². The molecule has 86 valence electrons. The molecule has 2 heterocycles. The van der Waals surface area contributed by atoms with Crippen molar-refractivity contribution in [2.24, 2.45) is 5.14 Å². The molecule has 0 bridgehead atoms. The summed E-state index contributed by atoms with van der Waals surface area (Å²) in [4.78, 5) is 0. The molecule has 0 atom stereocenters. The van der Waals surface area contributed by atoms with E-state index in [-0.39, 0.29) is 5.09 Å². The Morgan fingerprint density at radius 3 is 2.56 bits per heavy atom. The molecule has 2 aromatic heterocycles. The molecular weight excluding hydrogens is 230 g/mol. The van der Waals surface area contributed by atoms with Gasteiger partial charge in [0.15, 0.2) is 0 Å². The molecule has 0 unspecified atom stereocenters. The highest BCUT2D eigenvalue weighted by Crippen LogP contribution is 2.11. The van der Waals surface area contributed by atoms with Crippen molar-refractivity contribution in [1.82, 2.24) is 4.68 Å². The summed E-state index contributed by atoms with van der Waals surface area (Å²) in [7, 11) is -3.76. The number of nitrogens with one attached hydrogen (secondary N) is 1. The predicted molar refractivity (Wildman–Crippen MR) is 57.6 cm³/mol. The van der Waals surface area contributed by atoms with Crippen LogP contribution in [-0.2, 0) is 16.6 Å². The zero-order chi connectivity index (χ0) is 11.6. The van der Waals surface area contributed by atoms with Crippen molar-refractivity contribution >= 4 is 10.0 Å². The van der Waals surface area contributed by atoms with Gasteiger partial charge in [0.05, 0.1) is 6.54 Å². The van der Waals surface area contributed by atoms with E-state index in [2.05, 4.69) is 5.43 Å². The first-order valence-corrected chi connectivity index (χ1v) is 6.09. The Morgan fingerprint density at radius 2 is 2.00 bits per heavy atom. The van der Waals surface area contributed by atoms with E-state index in [1.807, 2.05) is 24.5 Å². The van der Waals surface area contributed by atoms with Gasteiger partial charge in [-0.15, -0.1) is 0 Å². The fourth-order valence-corrected chi connectivity index (χ4v) is 1.70. The summed E-state index contributed by atoms with van der Waals surface area (Å²) in [6, 6.07) is 6.63. The molecule has 0 radical (unpaired) electrons. The maximum absolute atomic E-state index is 10.9. The van der Waals surface area contributed by atoms with Gasteiger partial charge in [-0.2, -0.15) is 0 Å². The van der Waals surface area contributed by atoms with Gasteiger partial charge in [-0.05, 0) is 24.3 Å². The summed E-state index contributed by atoms with van der Waals surface area (Å²) in [5.74, 6) is 0.498. The van der Waals surface area contributed by atoms with E-state index >= 15 is 0 Å². The molecule has 0 spiro atoms. The third-order valence-corrected chi connectivity index (χ3v) is 2.74. The summed E-state index contributed by atoms with van der Waals surface area (Å²) < 4.78 is 28.7. The molecule has 0 saturated carbocycles. The van der Waals surface area contributed by atoms with Crippen LogP contribution in [-0.4, -0.2) is 13.1 Å². The minimum absolute atomic E-state index is 0.225. The number of sulfonamides is 1. The third kappa shape index (κ3) is 2.44. The van der Waals surface area contributed by atoms with Crippen LogP contribution in [0, 0.1) is 0 Å². The second-order valence-electron chi connectivity index (χ2n) is 3.19. The van der Waals surface area contributed by atoms with E-state index in [0.717, 1.165) is 0 Å². The number of nitrogens with two attached hydrogens (primary N) is 1. The molecule has 2 rings (SSSR count). The highest BCUT2D eigenvalue weighted by atomic mass is 32.2. The Balaban J connectivity index is 2.04. The number of furan rings is 1. The van der Waals surface area contributed by atoms with Crippen molar-refractivity contribution in [2.75, 3.05) is 5.43 Å². The lowest BCUT2D eigenvalue weighted by Gasteiger charge is -2.04. The Morgan fingerprint density at radius 1 is 1.31 bits per heavy atom. The Labute approximate surface area is 92.7 Å². The molecule has 7 heteroatoms. The predicted octanol–water partition coefficient (Wildman–Crippen LogP) is 0.472. The minimum atomic E-state index is -3.76. The number of hydrogen-bond acceptors (Lipinski definition) is 4. The first-order chi connectivity index (χ1) is 7.55. The lowest BCUT2D eigenvalue weighted by Crippen LogP contribution is -2.12. The summed E-state index contributed by atoms with van der Waals surface area (Å²) >= 11 is 0. The summed E-state index contributed by atoms with van der Waals surface area (Å²) in [6.45, 7) is 0.379. The number of aromatic nitrogens is 1. The van der Waals surface area contributed by atoms with Crippen molar-refractivity contribution in [2.45, 2.75) is 11.6 Å². The Kier molecular flexibility index (Phi) is 2.71. The van der Waals surface area contributed by atoms with Crippen LogP contribution < -0.4 is 10.6 Å². The molecule has 0 aromatic carbocycles. The molecule has 0 aliphatic rings. The zero-order valence-corrected chi connectivity index (χ0v) is 9.15. The van der Waals surface area contributed by atoms with Crippen LogP contribution >= 0.6 is 0 Å². The van der Waals surface area contributed by atoms with Gasteiger partial charge in [0.1, 0.15) is 5.76 Å². The van der Waals surface area contributed by atoms with Crippen molar-refractivity contribution < 1.29 is 12.8 Å². The van der Waals surface area contributed by atoms with E-state index in [0.29, 0.717) is 12.3 Å². The molecule has 6 nitrogen and oxygen atoms in total. The third-order valence-electron chi connectivity index (χ3n) is 1.96. The van der Waals surface area contributed by atoms with Gasteiger partial charge in [0.2, 0.25) is 5.09 Å². The topological polar surface area (TPSA) is 90.3 Å². The van der Waals surface area contributed by atoms with E-state index in [9.17, 15) is 8.42 Å². The molecule has 16 heavy (non-hydrogen) atoms. The van der Waals surface area contributed by atoms with Crippen LogP contribution in [0.1, 0.15) is 5.76 Å². The lowest BCUT2D eigenvalue weighted by atomic mass is 10.5. The van der Waals surface area contributed by atoms with E-state index < -0.39 is 10.0 Å². The van der Waals surface area contributed by atoms with Crippen LogP contribution in [0.25, 0.3) is 0 Å². The van der Waals surface area contributed by atoms with Gasteiger partial charge in [-0.3, -0.25) is 4.68 Å². The van der Waals surface area contributed by atoms with Crippen molar-refractivity contribution in [3.63, 3.8) is 0 Å². The van der Waals surface area contributed by atoms with Gasteiger partial charge >= 0.3 is 0 Å². The van der Waals surface area contributed by atoms with Crippen molar-refractivity contribution in [3.8, 4) is 0 Å². The number of rotatable bonds is 4. The monoisotopic (exact) mass is 241 g/mol. The SMILES string of the molecule is NS(=O)(=O)c1ccc(CNn2cccc2)o1. The fourth-order valence-electron chi connectivity index (χ4n) is 1.22. The molecule has 0 saturated heterocycles. The summed E-state index contributed by atoms with van der Waals surface area (Å²) in [5.41, 5.74) is 2.99. The Hall–Kier alpha value is -1.73. The second kappa shape index (κ2) is 4.03. The Bertz CT molecular complexity index is 557. The molecular formula is C9H11N3O3S. The van der Waals surface area contributed by atoms with Gasteiger partial charge in [0.25, 0.3) is 10.0 Å². The second-order valence-corrected chi connectivity index (χ2v) is 4.68. The zero-order valence-electron chi connectivity index (χ0n) is 8.33. The largest absolute Gasteiger partial charge is 0.446 e. The van der Waals surface area contributed by atoms with Crippen LogP contribution in [0.4, 0.5) is 0 Å². The standard InChI is InChI=1S/C9H11N3O3S/c10-16(13,14)9-4-3-8(15-9)7-11-12-5-1-2-6-12/h1-6,11H,7H2,(H2,10,13,14). The van der Waals surface area contributed by atoms with E-state index in [1.54, 1.807) is 10.7 Å². The summed E-state index contributed by atoms with van der Waals surface area (Å²) in [5, 5.41) is 4.69. The smallest absolute Gasteiger partial charge is 0.271 e. The van der Waals surface area contributed by atoms with E-state index in [1.165, 1.54) is 6.07 Å². The normalized spacial score (nSPS) is 11.6. The molecule has 0 amide bonds. The molecule has 0 aliphatic carbocycles. The number of primary sulfonamides is 1. The van der Waals surface area contributed by atoms with Crippen LogP contribution in [0.2, 0.25) is 0 Å².